The number of hydrogen-bond acceptors (Lipinski definition) is 2. The van der Waals surface area contributed by atoms with Crippen molar-refractivity contribution in [2.24, 2.45) is 5.92 Å². The van der Waals surface area contributed by atoms with Gasteiger partial charge in [-0.3, -0.25) is 0 Å². The van der Waals surface area contributed by atoms with E-state index in [1.807, 2.05) is 20.8 Å². The van der Waals surface area contributed by atoms with Crippen LogP contribution in [0.15, 0.2) is 0 Å². The van der Waals surface area contributed by atoms with E-state index in [1.165, 1.54) is 0 Å². The SMILES string of the molecule is CCCC(CC)NC(=O)N[C@H](CC(C)C)C(=O)O. The highest BCUT2D eigenvalue weighted by Crippen LogP contribution is 2.05. The molecular formula is C13H26N2O3. The summed E-state index contributed by atoms with van der Waals surface area (Å²) >= 11 is 0. The predicted octanol–water partition coefficient (Wildman–Crippen LogP) is 2.36. The lowest BCUT2D eigenvalue weighted by Gasteiger charge is -2.20. The third-order valence-electron chi connectivity index (χ3n) is 2.78. The van der Waals surface area contributed by atoms with Crippen LogP contribution in [0.2, 0.25) is 0 Å². The third kappa shape index (κ3) is 7.14. The summed E-state index contributed by atoms with van der Waals surface area (Å²) in [5.41, 5.74) is 0. The molecule has 0 aliphatic heterocycles. The summed E-state index contributed by atoms with van der Waals surface area (Å²) in [6, 6.07) is -1.09. The Labute approximate surface area is 109 Å². The standard InChI is InChI=1S/C13H26N2O3/c1-5-7-10(6-2)14-13(18)15-11(12(16)17)8-9(3)4/h9-11H,5-8H2,1-4H3,(H,16,17)(H2,14,15,18)/t10?,11-/m1/s1. The third-order valence-corrected chi connectivity index (χ3v) is 2.78. The van der Waals surface area contributed by atoms with Crippen LogP contribution < -0.4 is 10.6 Å². The van der Waals surface area contributed by atoms with Gasteiger partial charge in [-0.15, -0.1) is 0 Å². The Morgan fingerprint density at radius 2 is 1.78 bits per heavy atom. The average Bonchev–Trinajstić information content (AvgIpc) is 2.26. The number of carbonyl (C=O) groups is 2. The fraction of sp³-hybridized carbons (Fsp3) is 0.846. The summed E-state index contributed by atoms with van der Waals surface area (Å²) in [7, 11) is 0. The first-order valence-electron chi connectivity index (χ1n) is 6.70. The normalized spacial score (nSPS) is 14.1. The van der Waals surface area contributed by atoms with Gasteiger partial charge < -0.3 is 15.7 Å². The van der Waals surface area contributed by atoms with Gasteiger partial charge in [0.2, 0.25) is 0 Å². The molecule has 0 heterocycles. The van der Waals surface area contributed by atoms with E-state index in [-0.39, 0.29) is 18.0 Å². The Morgan fingerprint density at radius 3 is 2.17 bits per heavy atom. The highest BCUT2D eigenvalue weighted by molar-refractivity contribution is 5.82. The molecule has 0 radical (unpaired) electrons. The van der Waals surface area contributed by atoms with Crippen LogP contribution in [0.3, 0.4) is 0 Å². The van der Waals surface area contributed by atoms with E-state index in [0.717, 1.165) is 19.3 Å². The van der Waals surface area contributed by atoms with Gasteiger partial charge in [-0.2, -0.15) is 0 Å². The van der Waals surface area contributed by atoms with Gasteiger partial charge in [0.25, 0.3) is 0 Å². The van der Waals surface area contributed by atoms with Gasteiger partial charge in [0.15, 0.2) is 0 Å². The zero-order chi connectivity index (χ0) is 14.1. The van der Waals surface area contributed by atoms with Crippen molar-refractivity contribution in [2.75, 3.05) is 0 Å². The molecule has 106 valence electrons. The van der Waals surface area contributed by atoms with Crippen LogP contribution in [-0.4, -0.2) is 29.2 Å². The molecule has 0 aliphatic carbocycles. The van der Waals surface area contributed by atoms with Gasteiger partial charge in [-0.1, -0.05) is 34.1 Å². The largest absolute Gasteiger partial charge is 0.480 e. The van der Waals surface area contributed by atoms with E-state index in [1.54, 1.807) is 0 Å². The minimum Gasteiger partial charge on any atom is -0.480 e. The number of nitrogens with one attached hydrogen (secondary N) is 2. The molecule has 0 rings (SSSR count). The molecule has 0 bridgehead atoms. The van der Waals surface area contributed by atoms with Crippen molar-refractivity contribution >= 4 is 12.0 Å². The summed E-state index contributed by atoms with van der Waals surface area (Å²) in [4.78, 5) is 22.7. The van der Waals surface area contributed by atoms with Crippen molar-refractivity contribution in [2.45, 2.75) is 65.5 Å². The molecule has 2 amide bonds. The monoisotopic (exact) mass is 258 g/mol. The zero-order valence-electron chi connectivity index (χ0n) is 11.8. The highest BCUT2D eigenvalue weighted by atomic mass is 16.4. The van der Waals surface area contributed by atoms with E-state index in [0.29, 0.717) is 6.42 Å². The lowest BCUT2D eigenvalue weighted by atomic mass is 10.0. The Bertz CT molecular complexity index is 267. The molecule has 2 atom stereocenters. The van der Waals surface area contributed by atoms with Crippen LogP contribution in [0.1, 0.15) is 53.4 Å². The second kappa shape index (κ2) is 8.78. The fourth-order valence-corrected chi connectivity index (χ4v) is 1.81. The molecular weight excluding hydrogens is 232 g/mol. The molecule has 0 saturated heterocycles. The number of carbonyl (C=O) groups excluding carboxylic acids is 1. The number of amides is 2. The molecule has 0 aromatic carbocycles. The van der Waals surface area contributed by atoms with Crippen molar-refractivity contribution in [3.05, 3.63) is 0 Å². The summed E-state index contributed by atoms with van der Waals surface area (Å²) in [5.74, 6) is -0.758. The first-order chi connectivity index (χ1) is 8.40. The van der Waals surface area contributed by atoms with E-state index in [4.69, 9.17) is 5.11 Å². The van der Waals surface area contributed by atoms with Crippen LogP contribution in [0, 0.1) is 5.92 Å². The van der Waals surface area contributed by atoms with Crippen LogP contribution in [0.25, 0.3) is 0 Å². The molecule has 0 aliphatic rings. The Kier molecular flexibility index (Phi) is 8.16. The quantitative estimate of drug-likeness (QED) is 0.625. The number of carboxylic acids is 1. The summed E-state index contributed by atoms with van der Waals surface area (Å²) in [6.07, 6.45) is 3.19. The van der Waals surface area contributed by atoms with E-state index < -0.39 is 12.0 Å². The Morgan fingerprint density at radius 1 is 1.17 bits per heavy atom. The van der Waals surface area contributed by atoms with Crippen molar-refractivity contribution in [3.8, 4) is 0 Å². The van der Waals surface area contributed by atoms with E-state index in [9.17, 15) is 9.59 Å². The molecule has 1 unspecified atom stereocenters. The lowest BCUT2D eigenvalue weighted by molar-refractivity contribution is -0.139. The second-order valence-electron chi connectivity index (χ2n) is 5.03. The molecule has 0 aromatic rings. The second-order valence-corrected chi connectivity index (χ2v) is 5.03. The number of aliphatic carboxylic acids is 1. The van der Waals surface area contributed by atoms with Crippen molar-refractivity contribution < 1.29 is 14.7 Å². The predicted molar refractivity (Wildman–Crippen MR) is 71.5 cm³/mol. The summed E-state index contributed by atoms with van der Waals surface area (Å²) in [6.45, 7) is 7.92. The molecule has 3 N–H and O–H groups in total. The maximum absolute atomic E-state index is 11.7. The molecule has 18 heavy (non-hydrogen) atoms. The molecule has 0 fully saturated rings. The zero-order valence-corrected chi connectivity index (χ0v) is 11.8. The number of rotatable bonds is 8. The number of carboxylic acid groups (broad SMARTS) is 1. The maximum Gasteiger partial charge on any atom is 0.326 e. The fourth-order valence-electron chi connectivity index (χ4n) is 1.81. The summed E-state index contributed by atoms with van der Waals surface area (Å²) < 4.78 is 0. The van der Waals surface area contributed by atoms with E-state index in [2.05, 4.69) is 17.6 Å². The summed E-state index contributed by atoms with van der Waals surface area (Å²) in [5, 5.41) is 14.4. The first-order valence-corrected chi connectivity index (χ1v) is 6.70. The maximum atomic E-state index is 11.7. The molecule has 5 nitrogen and oxygen atoms in total. The van der Waals surface area contributed by atoms with Crippen molar-refractivity contribution in [1.82, 2.24) is 10.6 Å². The van der Waals surface area contributed by atoms with Crippen LogP contribution in [0.5, 0.6) is 0 Å². The van der Waals surface area contributed by atoms with Crippen LogP contribution in [-0.2, 0) is 4.79 Å². The van der Waals surface area contributed by atoms with Gasteiger partial charge in [-0.05, 0) is 25.2 Å². The van der Waals surface area contributed by atoms with Crippen LogP contribution in [0.4, 0.5) is 4.79 Å². The first kappa shape index (κ1) is 16.7. The molecule has 5 heteroatoms. The van der Waals surface area contributed by atoms with Gasteiger partial charge in [0.1, 0.15) is 6.04 Å². The van der Waals surface area contributed by atoms with Gasteiger partial charge in [-0.25, -0.2) is 9.59 Å². The van der Waals surface area contributed by atoms with Gasteiger partial charge >= 0.3 is 12.0 Å². The van der Waals surface area contributed by atoms with E-state index >= 15 is 0 Å². The Hall–Kier alpha value is -1.26. The smallest absolute Gasteiger partial charge is 0.326 e. The van der Waals surface area contributed by atoms with Gasteiger partial charge in [0.05, 0.1) is 0 Å². The molecule has 0 aromatic heterocycles. The van der Waals surface area contributed by atoms with Gasteiger partial charge in [0, 0.05) is 6.04 Å². The number of hydrogen-bond donors (Lipinski definition) is 3. The topological polar surface area (TPSA) is 78.4 Å². The molecule has 0 saturated carbocycles. The highest BCUT2D eigenvalue weighted by Gasteiger charge is 2.21. The molecule has 0 spiro atoms. The minimum atomic E-state index is -0.984. The lowest BCUT2D eigenvalue weighted by Crippen LogP contribution is -2.49. The minimum absolute atomic E-state index is 0.114. The number of urea groups is 1. The Balaban J connectivity index is 4.28. The van der Waals surface area contributed by atoms with Crippen molar-refractivity contribution in [3.63, 3.8) is 0 Å². The average molecular weight is 258 g/mol. The van der Waals surface area contributed by atoms with Crippen molar-refractivity contribution in [1.29, 1.82) is 0 Å². The van der Waals surface area contributed by atoms with Crippen LogP contribution >= 0.6 is 0 Å².